The Labute approximate surface area is 82.0 Å². The minimum atomic E-state index is 0.408. The van der Waals surface area contributed by atoms with Crippen LogP contribution in [0.1, 0.15) is 40.0 Å². The van der Waals surface area contributed by atoms with Crippen molar-refractivity contribution in [1.82, 2.24) is 5.32 Å². The summed E-state index contributed by atoms with van der Waals surface area (Å²) < 4.78 is 5.77. The van der Waals surface area contributed by atoms with Gasteiger partial charge in [0, 0.05) is 18.1 Å². The van der Waals surface area contributed by atoms with Gasteiger partial charge >= 0.3 is 0 Å². The molecule has 0 aromatic rings. The fourth-order valence-corrected chi connectivity index (χ4v) is 2.79. The molecule has 0 radical (unpaired) electrons. The topological polar surface area (TPSA) is 21.3 Å². The molecule has 0 amide bonds. The lowest BCUT2D eigenvalue weighted by Gasteiger charge is -2.55. The van der Waals surface area contributed by atoms with E-state index in [-0.39, 0.29) is 0 Å². The number of rotatable bonds is 5. The summed E-state index contributed by atoms with van der Waals surface area (Å²) in [5.41, 5.74) is 0.408. The van der Waals surface area contributed by atoms with Gasteiger partial charge in [-0.15, -0.1) is 0 Å². The first-order chi connectivity index (χ1) is 6.25. The Morgan fingerprint density at radius 3 is 2.31 bits per heavy atom. The van der Waals surface area contributed by atoms with Gasteiger partial charge in [0.05, 0.1) is 6.10 Å². The molecule has 1 rings (SSSR count). The standard InChI is InChI=1S/C11H23NO/c1-5-11(6-2)9(12-4)8-10(11)13-7-3/h9-10,12H,5-8H2,1-4H3/t9-,10+/m1/s1. The molecule has 0 unspecified atom stereocenters. The van der Waals surface area contributed by atoms with Crippen LogP contribution in [0.2, 0.25) is 0 Å². The van der Waals surface area contributed by atoms with Gasteiger partial charge in [0.25, 0.3) is 0 Å². The van der Waals surface area contributed by atoms with Gasteiger partial charge in [-0.1, -0.05) is 13.8 Å². The predicted molar refractivity (Wildman–Crippen MR) is 55.9 cm³/mol. The first kappa shape index (κ1) is 11.0. The second-order valence-electron chi connectivity index (χ2n) is 3.96. The summed E-state index contributed by atoms with van der Waals surface area (Å²) >= 11 is 0. The zero-order valence-corrected chi connectivity index (χ0v) is 9.39. The maximum Gasteiger partial charge on any atom is 0.0660 e. The molecule has 1 fully saturated rings. The van der Waals surface area contributed by atoms with Crippen LogP contribution in [-0.2, 0) is 4.74 Å². The van der Waals surface area contributed by atoms with Crippen molar-refractivity contribution in [3.8, 4) is 0 Å². The van der Waals surface area contributed by atoms with Crippen molar-refractivity contribution in [2.75, 3.05) is 13.7 Å². The Kier molecular flexibility index (Phi) is 3.74. The molecule has 1 N–H and O–H groups in total. The van der Waals surface area contributed by atoms with E-state index in [0.29, 0.717) is 17.6 Å². The molecule has 2 atom stereocenters. The first-order valence-corrected chi connectivity index (χ1v) is 5.54. The maximum absolute atomic E-state index is 5.77. The quantitative estimate of drug-likeness (QED) is 0.709. The Morgan fingerprint density at radius 2 is 1.92 bits per heavy atom. The molecule has 0 aliphatic heterocycles. The van der Waals surface area contributed by atoms with Crippen molar-refractivity contribution >= 4 is 0 Å². The Hall–Kier alpha value is -0.0800. The highest BCUT2D eigenvalue weighted by molar-refractivity contribution is 5.06. The van der Waals surface area contributed by atoms with Crippen LogP contribution in [-0.4, -0.2) is 25.8 Å². The van der Waals surface area contributed by atoms with E-state index < -0.39 is 0 Å². The zero-order valence-electron chi connectivity index (χ0n) is 9.39. The van der Waals surface area contributed by atoms with Crippen LogP contribution in [0.5, 0.6) is 0 Å². The molecule has 1 aliphatic rings. The molecular formula is C11H23NO. The van der Waals surface area contributed by atoms with E-state index in [0.717, 1.165) is 6.61 Å². The molecule has 0 aromatic carbocycles. The molecule has 0 heterocycles. The predicted octanol–water partition coefficient (Wildman–Crippen LogP) is 2.19. The maximum atomic E-state index is 5.77. The van der Waals surface area contributed by atoms with Gasteiger partial charge in [-0.05, 0) is 33.2 Å². The first-order valence-electron chi connectivity index (χ1n) is 5.54. The second kappa shape index (κ2) is 4.43. The van der Waals surface area contributed by atoms with E-state index in [1.807, 2.05) is 0 Å². The average Bonchev–Trinajstić information content (AvgIpc) is 2.14. The van der Waals surface area contributed by atoms with Crippen molar-refractivity contribution in [3.05, 3.63) is 0 Å². The van der Waals surface area contributed by atoms with Gasteiger partial charge in [-0.25, -0.2) is 0 Å². The van der Waals surface area contributed by atoms with E-state index in [1.54, 1.807) is 0 Å². The second-order valence-corrected chi connectivity index (χ2v) is 3.96. The van der Waals surface area contributed by atoms with Crippen molar-refractivity contribution in [3.63, 3.8) is 0 Å². The molecule has 78 valence electrons. The van der Waals surface area contributed by atoms with Gasteiger partial charge in [0.15, 0.2) is 0 Å². The fourth-order valence-electron chi connectivity index (χ4n) is 2.79. The molecule has 2 heteroatoms. The summed E-state index contributed by atoms with van der Waals surface area (Å²) in [5, 5.41) is 3.40. The monoisotopic (exact) mass is 185 g/mol. The fraction of sp³-hybridized carbons (Fsp3) is 1.00. The van der Waals surface area contributed by atoms with Crippen molar-refractivity contribution in [1.29, 1.82) is 0 Å². The Balaban J connectivity index is 2.61. The highest BCUT2D eigenvalue weighted by Crippen LogP contribution is 2.48. The summed E-state index contributed by atoms with van der Waals surface area (Å²) in [6.45, 7) is 7.49. The molecule has 13 heavy (non-hydrogen) atoms. The van der Waals surface area contributed by atoms with Crippen molar-refractivity contribution < 1.29 is 4.74 Å². The van der Waals surface area contributed by atoms with Gasteiger partial charge in [0.2, 0.25) is 0 Å². The summed E-state index contributed by atoms with van der Waals surface area (Å²) in [6, 6.07) is 0.666. The minimum Gasteiger partial charge on any atom is -0.378 e. The lowest BCUT2D eigenvalue weighted by atomic mass is 9.59. The van der Waals surface area contributed by atoms with Crippen LogP contribution in [0.15, 0.2) is 0 Å². The van der Waals surface area contributed by atoms with Crippen LogP contribution in [0.25, 0.3) is 0 Å². The lowest BCUT2D eigenvalue weighted by molar-refractivity contribution is -0.136. The molecule has 0 aromatic heterocycles. The molecule has 0 spiro atoms. The van der Waals surface area contributed by atoms with Gasteiger partial charge in [-0.2, -0.15) is 0 Å². The largest absolute Gasteiger partial charge is 0.378 e. The molecule has 2 nitrogen and oxygen atoms in total. The van der Waals surface area contributed by atoms with Gasteiger partial charge in [0.1, 0.15) is 0 Å². The highest BCUT2D eigenvalue weighted by Gasteiger charge is 2.52. The van der Waals surface area contributed by atoms with Gasteiger partial charge < -0.3 is 10.1 Å². The van der Waals surface area contributed by atoms with E-state index >= 15 is 0 Å². The zero-order chi connectivity index (χ0) is 9.90. The third kappa shape index (κ3) is 1.62. The number of ether oxygens (including phenoxy) is 1. The lowest BCUT2D eigenvalue weighted by Crippen LogP contribution is -2.62. The molecule has 1 saturated carbocycles. The smallest absolute Gasteiger partial charge is 0.0660 e. The van der Waals surface area contributed by atoms with Gasteiger partial charge in [-0.3, -0.25) is 0 Å². The molecule has 0 bridgehead atoms. The van der Waals surface area contributed by atoms with Crippen LogP contribution in [0, 0.1) is 5.41 Å². The third-order valence-corrected chi connectivity index (χ3v) is 3.82. The highest BCUT2D eigenvalue weighted by atomic mass is 16.5. The SMILES string of the molecule is CCO[C@H]1C[C@@H](NC)C1(CC)CC. The van der Waals surface area contributed by atoms with E-state index in [2.05, 4.69) is 33.1 Å². The third-order valence-electron chi connectivity index (χ3n) is 3.82. The summed E-state index contributed by atoms with van der Waals surface area (Å²) in [4.78, 5) is 0. The van der Waals surface area contributed by atoms with Crippen LogP contribution >= 0.6 is 0 Å². The Bertz CT molecular complexity index is 154. The van der Waals surface area contributed by atoms with Crippen LogP contribution < -0.4 is 5.32 Å². The summed E-state index contributed by atoms with van der Waals surface area (Å²) in [6.07, 6.45) is 4.12. The van der Waals surface area contributed by atoms with E-state index in [1.165, 1.54) is 19.3 Å². The van der Waals surface area contributed by atoms with E-state index in [4.69, 9.17) is 4.74 Å². The number of hydrogen-bond acceptors (Lipinski definition) is 2. The van der Waals surface area contributed by atoms with Crippen LogP contribution in [0.3, 0.4) is 0 Å². The van der Waals surface area contributed by atoms with Crippen molar-refractivity contribution in [2.45, 2.75) is 52.2 Å². The van der Waals surface area contributed by atoms with Crippen molar-refractivity contribution in [2.24, 2.45) is 5.41 Å². The van der Waals surface area contributed by atoms with E-state index in [9.17, 15) is 0 Å². The molecular weight excluding hydrogens is 162 g/mol. The molecule has 0 saturated heterocycles. The normalized spacial score (nSPS) is 31.4. The number of hydrogen-bond donors (Lipinski definition) is 1. The summed E-state index contributed by atoms with van der Waals surface area (Å²) in [5.74, 6) is 0. The Morgan fingerprint density at radius 1 is 1.31 bits per heavy atom. The molecule has 1 aliphatic carbocycles. The number of nitrogens with one attached hydrogen (secondary N) is 1. The minimum absolute atomic E-state index is 0.408. The van der Waals surface area contributed by atoms with Crippen LogP contribution in [0.4, 0.5) is 0 Å². The summed E-state index contributed by atoms with van der Waals surface area (Å²) in [7, 11) is 2.06. The average molecular weight is 185 g/mol.